The summed E-state index contributed by atoms with van der Waals surface area (Å²) in [5.74, 6) is 2.37. The Morgan fingerprint density at radius 2 is 1.95 bits per heavy atom. The summed E-state index contributed by atoms with van der Waals surface area (Å²) >= 11 is 0. The Balaban J connectivity index is 1.55. The van der Waals surface area contributed by atoms with Crippen molar-refractivity contribution < 1.29 is 10.0 Å². The number of hydrogen-bond acceptors (Lipinski definition) is 3. The first kappa shape index (κ1) is 13.9. The van der Waals surface area contributed by atoms with Crippen molar-refractivity contribution >= 4 is 11.7 Å². The lowest BCUT2D eigenvalue weighted by atomic mass is 9.89. The van der Waals surface area contributed by atoms with Gasteiger partial charge in [0.1, 0.15) is 0 Å². The van der Waals surface area contributed by atoms with E-state index in [0.29, 0.717) is 17.0 Å². The molecule has 3 rings (SSSR count). The van der Waals surface area contributed by atoms with Crippen LogP contribution in [0.3, 0.4) is 0 Å². The molecule has 3 unspecified atom stereocenters. The van der Waals surface area contributed by atoms with Gasteiger partial charge in [-0.15, -0.1) is 0 Å². The number of carbonyl (C=O) groups is 1. The van der Waals surface area contributed by atoms with Gasteiger partial charge < -0.3 is 16.3 Å². The standard InChI is InChI=1S/C16H21N3O2/c17-15(19-21)11-3-5-12(6-4-11)16(20)18-9-14-8-10-1-2-13(14)7-10/h3-6,10,13-14,21H,1-2,7-9H2,(H2,17,19)(H,18,20). The van der Waals surface area contributed by atoms with E-state index in [2.05, 4.69) is 10.5 Å². The Hall–Kier alpha value is -2.04. The summed E-state index contributed by atoms with van der Waals surface area (Å²) in [4.78, 5) is 12.1. The van der Waals surface area contributed by atoms with Crippen molar-refractivity contribution in [2.45, 2.75) is 25.7 Å². The maximum atomic E-state index is 12.1. The minimum atomic E-state index is -0.0520. The molecule has 2 aliphatic rings. The molecular formula is C16H21N3O2. The molecule has 2 aliphatic carbocycles. The molecule has 0 spiro atoms. The van der Waals surface area contributed by atoms with Crippen LogP contribution in [0.25, 0.3) is 0 Å². The number of oxime groups is 1. The highest BCUT2D eigenvalue weighted by Crippen LogP contribution is 2.47. The van der Waals surface area contributed by atoms with Crippen LogP contribution in [0.1, 0.15) is 41.6 Å². The minimum absolute atomic E-state index is 0.0453. The average molecular weight is 287 g/mol. The van der Waals surface area contributed by atoms with Gasteiger partial charge in [0.2, 0.25) is 0 Å². The Morgan fingerprint density at radius 1 is 1.24 bits per heavy atom. The van der Waals surface area contributed by atoms with Gasteiger partial charge in [-0.1, -0.05) is 23.7 Å². The molecule has 0 aromatic heterocycles. The number of carbonyl (C=O) groups excluding carboxylic acids is 1. The van der Waals surface area contributed by atoms with Crippen molar-refractivity contribution in [3.63, 3.8) is 0 Å². The van der Waals surface area contributed by atoms with Gasteiger partial charge in [-0.3, -0.25) is 4.79 Å². The molecule has 2 bridgehead atoms. The van der Waals surface area contributed by atoms with Crippen molar-refractivity contribution in [3.8, 4) is 0 Å². The Bertz CT molecular complexity index is 553. The molecule has 21 heavy (non-hydrogen) atoms. The van der Waals surface area contributed by atoms with Gasteiger partial charge in [0.05, 0.1) is 0 Å². The van der Waals surface area contributed by atoms with Crippen molar-refractivity contribution in [2.24, 2.45) is 28.6 Å². The molecule has 2 fully saturated rings. The number of amidine groups is 1. The van der Waals surface area contributed by atoms with E-state index in [1.165, 1.54) is 25.7 Å². The minimum Gasteiger partial charge on any atom is -0.409 e. The second kappa shape index (κ2) is 5.76. The summed E-state index contributed by atoms with van der Waals surface area (Å²) in [6.45, 7) is 0.780. The van der Waals surface area contributed by atoms with E-state index in [9.17, 15) is 4.79 Å². The molecule has 2 saturated carbocycles. The molecule has 5 nitrogen and oxygen atoms in total. The molecule has 3 atom stereocenters. The SMILES string of the molecule is NC(=NO)c1ccc(C(=O)NCC2CC3CCC2C3)cc1. The molecule has 0 saturated heterocycles. The second-order valence-electron chi connectivity index (χ2n) is 6.21. The van der Waals surface area contributed by atoms with E-state index in [1.54, 1.807) is 24.3 Å². The summed E-state index contributed by atoms with van der Waals surface area (Å²) in [5.41, 5.74) is 6.70. The first-order chi connectivity index (χ1) is 10.2. The van der Waals surface area contributed by atoms with E-state index < -0.39 is 0 Å². The Morgan fingerprint density at radius 3 is 2.52 bits per heavy atom. The van der Waals surface area contributed by atoms with E-state index in [1.807, 2.05) is 0 Å². The first-order valence-electron chi connectivity index (χ1n) is 7.53. The lowest BCUT2D eigenvalue weighted by Gasteiger charge is -2.21. The third-order valence-corrected chi connectivity index (χ3v) is 4.96. The zero-order valence-corrected chi connectivity index (χ0v) is 12.0. The van der Waals surface area contributed by atoms with Crippen molar-refractivity contribution in [2.75, 3.05) is 6.54 Å². The summed E-state index contributed by atoms with van der Waals surface area (Å²) in [7, 11) is 0. The normalized spacial score (nSPS) is 27.8. The van der Waals surface area contributed by atoms with E-state index >= 15 is 0 Å². The molecule has 1 aromatic carbocycles. The van der Waals surface area contributed by atoms with Crippen LogP contribution in [-0.4, -0.2) is 23.5 Å². The molecule has 0 radical (unpaired) electrons. The molecule has 112 valence electrons. The molecule has 0 heterocycles. The van der Waals surface area contributed by atoms with Gasteiger partial charge in [0.25, 0.3) is 5.91 Å². The van der Waals surface area contributed by atoms with Gasteiger partial charge in [-0.25, -0.2) is 0 Å². The fraction of sp³-hybridized carbons (Fsp3) is 0.500. The van der Waals surface area contributed by atoms with E-state index in [0.717, 1.165) is 18.4 Å². The summed E-state index contributed by atoms with van der Waals surface area (Å²) in [6, 6.07) is 6.76. The summed E-state index contributed by atoms with van der Waals surface area (Å²) in [5, 5.41) is 14.6. The highest BCUT2D eigenvalue weighted by atomic mass is 16.4. The third-order valence-electron chi connectivity index (χ3n) is 4.96. The zero-order valence-electron chi connectivity index (χ0n) is 12.0. The molecule has 0 aliphatic heterocycles. The smallest absolute Gasteiger partial charge is 0.251 e. The van der Waals surface area contributed by atoms with Crippen molar-refractivity contribution in [1.82, 2.24) is 5.32 Å². The third kappa shape index (κ3) is 2.86. The molecule has 5 heteroatoms. The lowest BCUT2D eigenvalue weighted by Crippen LogP contribution is -2.31. The maximum absolute atomic E-state index is 12.1. The fourth-order valence-corrected chi connectivity index (χ4v) is 3.80. The number of hydrogen-bond donors (Lipinski definition) is 3. The topological polar surface area (TPSA) is 87.7 Å². The van der Waals surface area contributed by atoms with Crippen LogP contribution < -0.4 is 11.1 Å². The van der Waals surface area contributed by atoms with Crippen LogP contribution in [0, 0.1) is 17.8 Å². The Labute approximate surface area is 124 Å². The Kier molecular flexibility index (Phi) is 3.82. The van der Waals surface area contributed by atoms with Gasteiger partial charge >= 0.3 is 0 Å². The monoisotopic (exact) mass is 287 g/mol. The van der Waals surface area contributed by atoms with Crippen LogP contribution in [-0.2, 0) is 0 Å². The average Bonchev–Trinajstić information content (AvgIpc) is 3.14. The number of nitrogens with one attached hydrogen (secondary N) is 1. The highest BCUT2D eigenvalue weighted by molar-refractivity contribution is 5.99. The van der Waals surface area contributed by atoms with E-state index in [-0.39, 0.29) is 11.7 Å². The van der Waals surface area contributed by atoms with Crippen LogP contribution in [0.4, 0.5) is 0 Å². The van der Waals surface area contributed by atoms with Gasteiger partial charge in [0.15, 0.2) is 5.84 Å². The number of rotatable bonds is 4. The van der Waals surface area contributed by atoms with Gasteiger partial charge in [-0.05, 0) is 49.1 Å². The number of amides is 1. The molecule has 1 aromatic rings. The highest BCUT2D eigenvalue weighted by Gasteiger charge is 2.39. The van der Waals surface area contributed by atoms with Gasteiger partial charge in [0, 0.05) is 17.7 Å². The van der Waals surface area contributed by atoms with Crippen LogP contribution in [0.5, 0.6) is 0 Å². The van der Waals surface area contributed by atoms with Crippen LogP contribution in [0.2, 0.25) is 0 Å². The number of benzene rings is 1. The number of nitrogens with two attached hydrogens (primary N) is 1. The van der Waals surface area contributed by atoms with Crippen LogP contribution >= 0.6 is 0 Å². The summed E-state index contributed by atoms with van der Waals surface area (Å²) in [6.07, 6.45) is 5.34. The number of fused-ring (bicyclic) bond motifs is 2. The summed E-state index contributed by atoms with van der Waals surface area (Å²) < 4.78 is 0. The predicted octanol–water partition coefficient (Wildman–Crippen LogP) is 1.95. The first-order valence-corrected chi connectivity index (χ1v) is 7.53. The van der Waals surface area contributed by atoms with E-state index in [4.69, 9.17) is 10.9 Å². The lowest BCUT2D eigenvalue weighted by molar-refractivity contribution is 0.0942. The zero-order chi connectivity index (χ0) is 14.8. The van der Waals surface area contributed by atoms with Crippen molar-refractivity contribution in [1.29, 1.82) is 0 Å². The fourth-order valence-electron chi connectivity index (χ4n) is 3.80. The molecule has 1 amide bonds. The quantitative estimate of drug-likeness (QED) is 0.342. The van der Waals surface area contributed by atoms with Gasteiger partial charge in [-0.2, -0.15) is 0 Å². The second-order valence-corrected chi connectivity index (χ2v) is 6.21. The predicted molar refractivity (Wildman–Crippen MR) is 80.2 cm³/mol. The van der Waals surface area contributed by atoms with Crippen molar-refractivity contribution in [3.05, 3.63) is 35.4 Å². The van der Waals surface area contributed by atoms with Crippen LogP contribution in [0.15, 0.2) is 29.4 Å². The molecular weight excluding hydrogens is 266 g/mol. The maximum Gasteiger partial charge on any atom is 0.251 e. The number of nitrogens with zero attached hydrogens (tertiary/aromatic N) is 1. The molecule has 4 N–H and O–H groups in total. The largest absolute Gasteiger partial charge is 0.409 e.